The van der Waals surface area contributed by atoms with Crippen LogP contribution in [0.4, 0.5) is 10.9 Å². The van der Waals surface area contributed by atoms with Gasteiger partial charge in [-0.2, -0.15) is 10.4 Å². The maximum absolute atomic E-state index is 8.92. The van der Waals surface area contributed by atoms with Gasteiger partial charge in [0.25, 0.3) is 0 Å². The van der Waals surface area contributed by atoms with Gasteiger partial charge in [0, 0.05) is 19.8 Å². The second-order valence-corrected chi connectivity index (χ2v) is 7.35. The number of hydrogen-bond donors (Lipinski definition) is 1. The molecule has 0 bridgehead atoms. The van der Waals surface area contributed by atoms with E-state index in [1.165, 1.54) is 11.3 Å². The number of rotatable bonds is 5. The molecule has 8 heteroatoms. The first kappa shape index (κ1) is 16.7. The first-order valence-electron chi connectivity index (χ1n) is 8.54. The molecule has 1 saturated heterocycles. The molecule has 1 aliphatic rings. The van der Waals surface area contributed by atoms with E-state index in [-0.39, 0.29) is 0 Å². The van der Waals surface area contributed by atoms with E-state index in [2.05, 4.69) is 38.5 Å². The number of likely N-dealkylation sites (tertiary alicyclic amines) is 1. The molecule has 132 valence electrons. The van der Waals surface area contributed by atoms with Crippen LogP contribution in [-0.4, -0.2) is 31.2 Å². The number of thiazole rings is 1. The molecular formula is C18H19N7S. The largest absolute Gasteiger partial charge is 0.316 e. The minimum absolute atomic E-state index is 0.296. The van der Waals surface area contributed by atoms with Gasteiger partial charge in [0.15, 0.2) is 5.13 Å². The van der Waals surface area contributed by atoms with Gasteiger partial charge in [-0.3, -0.25) is 9.58 Å². The summed E-state index contributed by atoms with van der Waals surface area (Å²) in [4.78, 5) is 12.0. The van der Waals surface area contributed by atoms with Crippen LogP contribution in [0.5, 0.6) is 0 Å². The summed E-state index contributed by atoms with van der Waals surface area (Å²) in [5.74, 6) is 0.756. The molecule has 1 fully saturated rings. The fourth-order valence-corrected chi connectivity index (χ4v) is 3.93. The van der Waals surface area contributed by atoms with Gasteiger partial charge in [0.1, 0.15) is 16.8 Å². The fraction of sp³-hybridized carbons (Fsp3) is 0.333. The van der Waals surface area contributed by atoms with Crippen molar-refractivity contribution < 1.29 is 0 Å². The van der Waals surface area contributed by atoms with E-state index in [0.717, 1.165) is 43.1 Å². The number of aryl methyl sites for hydroxylation is 1. The van der Waals surface area contributed by atoms with Gasteiger partial charge in [-0.25, -0.2) is 9.97 Å². The van der Waals surface area contributed by atoms with Crippen molar-refractivity contribution in [1.82, 2.24) is 24.6 Å². The number of pyridine rings is 1. The van der Waals surface area contributed by atoms with Gasteiger partial charge in [0.2, 0.25) is 0 Å². The molecule has 26 heavy (non-hydrogen) atoms. The van der Waals surface area contributed by atoms with Crippen LogP contribution in [-0.2, 0) is 13.6 Å². The lowest BCUT2D eigenvalue weighted by Crippen LogP contribution is -2.24. The van der Waals surface area contributed by atoms with Crippen molar-refractivity contribution >= 4 is 22.3 Å². The Labute approximate surface area is 155 Å². The molecule has 1 aliphatic heterocycles. The molecule has 4 heterocycles. The Hall–Kier alpha value is -2.76. The van der Waals surface area contributed by atoms with E-state index in [9.17, 15) is 0 Å². The summed E-state index contributed by atoms with van der Waals surface area (Å²) >= 11 is 1.33. The Morgan fingerprint density at radius 3 is 3.08 bits per heavy atom. The minimum Gasteiger partial charge on any atom is -0.316 e. The summed E-state index contributed by atoms with van der Waals surface area (Å²) < 4.78 is 1.84. The number of anilines is 2. The van der Waals surface area contributed by atoms with Crippen molar-refractivity contribution in [1.29, 1.82) is 5.26 Å². The lowest BCUT2D eigenvalue weighted by molar-refractivity contribution is 0.241. The highest BCUT2D eigenvalue weighted by atomic mass is 32.1. The second kappa shape index (κ2) is 7.23. The van der Waals surface area contributed by atoms with Crippen molar-refractivity contribution in [3.8, 4) is 6.07 Å². The lowest BCUT2D eigenvalue weighted by atomic mass is 10.1. The van der Waals surface area contributed by atoms with Crippen LogP contribution in [0.1, 0.15) is 35.1 Å². The first-order chi connectivity index (χ1) is 12.7. The van der Waals surface area contributed by atoms with Gasteiger partial charge in [-0.05, 0) is 37.6 Å². The maximum atomic E-state index is 8.92. The normalized spacial score (nSPS) is 17.3. The number of nitrogens with one attached hydrogen (secondary N) is 1. The van der Waals surface area contributed by atoms with E-state index in [0.29, 0.717) is 16.1 Å². The minimum atomic E-state index is 0.296. The molecule has 1 N–H and O–H groups in total. The molecule has 0 saturated carbocycles. The monoisotopic (exact) mass is 365 g/mol. The summed E-state index contributed by atoms with van der Waals surface area (Å²) in [5.41, 5.74) is 2.14. The average molecular weight is 365 g/mol. The Balaban J connectivity index is 1.50. The molecule has 0 spiro atoms. The summed E-state index contributed by atoms with van der Waals surface area (Å²) in [7, 11) is 1.94. The van der Waals surface area contributed by atoms with E-state index in [4.69, 9.17) is 10.2 Å². The average Bonchev–Trinajstić information content (AvgIpc) is 3.37. The summed E-state index contributed by atoms with van der Waals surface area (Å²) in [6.07, 6.45) is 5.81. The summed E-state index contributed by atoms with van der Waals surface area (Å²) in [5, 5.41) is 17.3. The topological polar surface area (TPSA) is 82.7 Å². The van der Waals surface area contributed by atoms with Gasteiger partial charge in [0.05, 0.1) is 23.6 Å². The molecule has 0 amide bonds. The molecule has 7 nitrogen and oxygen atoms in total. The molecule has 4 rings (SSSR count). The van der Waals surface area contributed by atoms with Gasteiger partial charge in [-0.1, -0.05) is 17.4 Å². The molecule has 0 unspecified atom stereocenters. The summed E-state index contributed by atoms with van der Waals surface area (Å²) in [6, 6.07) is 10.5. The molecule has 3 aromatic heterocycles. The predicted octanol–water partition coefficient (Wildman–Crippen LogP) is 3.22. The Morgan fingerprint density at radius 1 is 1.38 bits per heavy atom. The van der Waals surface area contributed by atoms with Crippen LogP contribution >= 0.6 is 11.3 Å². The van der Waals surface area contributed by atoms with Gasteiger partial charge in [-0.15, -0.1) is 0 Å². The zero-order valence-corrected chi connectivity index (χ0v) is 15.3. The zero-order chi connectivity index (χ0) is 17.9. The fourth-order valence-electron chi connectivity index (χ4n) is 3.31. The van der Waals surface area contributed by atoms with Crippen molar-refractivity contribution in [3.05, 3.63) is 52.9 Å². The van der Waals surface area contributed by atoms with Gasteiger partial charge < -0.3 is 5.32 Å². The van der Waals surface area contributed by atoms with E-state index in [1.807, 2.05) is 30.1 Å². The van der Waals surface area contributed by atoms with Crippen LogP contribution in [0.15, 0.2) is 36.7 Å². The van der Waals surface area contributed by atoms with Crippen molar-refractivity contribution in [2.75, 3.05) is 11.9 Å². The van der Waals surface area contributed by atoms with Crippen LogP contribution in [0, 0.1) is 11.3 Å². The third-order valence-corrected chi connectivity index (χ3v) is 5.28. The van der Waals surface area contributed by atoms with Crippen molar-refractivity contribution in [2.45, 2.75) is 25.4 Å². The SMILES string of the molecule is Cn1ccc(CN2CCC[C@H]2c2cccc(Nc3ncc(C#N)s3)n2)n1. The first-order valence-corrected chi connectivity index (χ1v) is 9.35. The quantitative estimate of drug-likeness (QED) is 0.747. The third kappa shape index (κ3) is 3.59. The molecular weight excluding hydrogens is 346 g/mol. The molecule has 0 radical (unpaired) electrons. The highest BCUT2D eigenvalue weighted by Crippen LogP contribution is 2.32. The Bertz CT molecular complexity index is 939. The van der Waals surface area contributed by atoms with Crippen molar-refractivity contribution in [2.24, 2.45) is 7.05 Å². The Kier molecular flexibility index (Phi) is 4.65. The smallest absolute Gasteiger partial charge is 0.189 e. The number of hydrogen-bond acceptors (Lipinski definition) is 7. The van der Waals surface area contributed by atoms with E-state index < -0.39 is 0 Å². The molecule has 0 aliphatic carbocycles. The maximum Gasteiger partial charge on any atom is 0.189 e. The Morgan fingerprint density at radius 2 is 2.31 bits per heavy atom. The molecule has 0 aromatic carbocycles. The van der Waals surface area contributed by atoms with Crippen LogP contribution in [0.25, 0.3) is 0 Å². The lowest BCUT2D eigenvalue weighted by Gasteiger charge is -2.23. The van der Waals surface area contributed by atoms with E-state index in [1.54, 1.807) is 6.20 Å². The molecule has 1 atom stereocenters. The van der Waals surface area contributed by atoms with Gasteiger partial charge >= 0.3 is 0 Å². The predicted molar refractivity (Wildman–Crippen MR) is 99.9 cm³/mol. The van der Waals surface area contributed by atoms with Crippen LogP contribution in [0.3, 0.4) is 0 Å². The van der Waals surface area contributed by atoms with Crippen LogP contribution in [0.2, 0.25) is 0 Å². The number of nitrogens with zero attached hydrogens (tertiary/aromatic N) is 6. The summed E-state index contributed by atoms with van der Waals surface area (Å²) in [6.45, 7) is 1.89. The highest BCUT2D eigenvalue weighted by Gasteiger charge is 2.27. The van der Waals surface area contributed by atoms with Crippen LogP contribution < -0.4 is 5.32 Å². The highest BCUT2D eigenvalue weighted by molar-refractivity contribution is 7.16. The third-order valence-electron chi connectivity index (χ3n) is 4.46. The standard InChI is InChI=1S/C18H19N7S/c1-24-9-7-13(23-24)12-25-8-3-5-16(25)15-4-2-6-17(21-15)22-18-20-11-14(10-19)26-18/h2,4,6-7,9,11,16H,3,5,8,12H2,1H3,(H,20,21,22)/t16-/m0/s1. The number of aromatic nitrogens is 4. The van der Waals surface area contributed by atoms with Crippen molar-refractivity contribution in [3.63, 3.8) is 0 Å². The molecule has 3 aromatic rings. The second-order valence-electron chi connectivity index (χ2n) is 6.32. The zero-order valence-electron chi connectivity index (χ0n) is 14.5. The number of nitriles is 1. The van der Waals surface area contributed by atoms with E-state index >= 15 is 0 Å².